The number of carbonyl (C=O) groups is 3. The Morgan fingerprint density at radius 2 is 1.61 bits per heavy atom. The summed E-state index contributed by atoms with van der Waals surface area (Å²) in [5, 5.41) is 14.8. The van der Waals surface area contributed by atoms with Crippen LogP contribution in [0.1, 0.15) is 11.1 Å². The third-order valence-electron chi connectivity index (χ3n) is 3.91. The highest BCUT2D eigenvalue weighted by atomic mass is 35.5. The number of alkyl halides is 3. The number of halogens is 4. The summed E-state index contributed by atoms with van der Waals surface area (Å²) in [6.45, 7) is 0. The van der Waals surface area contributed by atoms with Crippen molar-refractivity contribution >= 4 is 41.2 Å². The lowest BCUT2D eigenvalue weighted by Crippen LogP contribution is -2.51. The van der Waals surface area contributed by atoms with Crippen LogP contribution in [0.5, 0.6) is 11.5 Å². The molecule has 1 aliphatic rings. The van der Waals surface area contributed by atoms with E-state index >= 15 is 0 Å². The number of hydrogen-bond donors (Lipinski definition) is 2. The molecule has 4 amide bonds. The van der Waals surface area contributed by atoms with Crippen molar-refractivity contribution in [3.63, 3.8) is 0 Å². The van der Waals surface area contributed by atoms with E-state index in [0.29, 0.717) is 12.1 Å². The molecule has 0 spiro atoms. The number of carbonyl (C=O) groups excluding carboxylic acids is 3. The smallest absolute Gasteiger partial charge is 0.416 e. The molecule has 31 heavy (non-hydrogen) atoms. The monoisotopic (exact) mass is 455 g/mol. The average molecular weight is 456 g/mol. The zero-order valence-electron chi connectivity index (χ0n) is 15.0. The van der Waals surface area contributed by atoms with Gasteiger partial charge in [0, 0.05) is 6.07 Å². The Kier molecular flexibility index (Phi) is 5.66. The van der Waals surface area contributed by atoms with Crippen molar-refractivity contribution in [3.8, 4) is 11.5 Å². The van der Waals surface area contributed by atoms with Gasteiger partial charge in [-0.05, 0) is 35.9 Å². The van der Waals surface area contributed by atoms with Crippen LogP contribution >= 0.6 is 11.6 Å². The van der Waals surface area contributed by atoms with E-state index in [1.807, 2.05) is 10.6 Å². The molecule has 2 N–H and O–H groups in total. The first kappa shape index (κ1) is 21.8. The second-order valence-corrected chi connectivity index (χ2v) is 6.43. The topological polar surface area (TPSA) is 128 Å². The zero-order valence-corrected chi connectivity index (χ0v) is 15.7. The van der Waals surface area contributed by atoms with Crippen LogP contribution < -0.4 is 15.4 Å². The fraction of sp³-hybridized carbons (Fsp3) is 0.0556. The molecule has 1 saturated heterocycles. The van der Waals surface area contributed by atoms with Gasteiger partial charge in [0.2, 0.25) is 5.75 Å². The summed E-state index contributed by atoms with van der Waals surface area (Å²) in [4.78, 5) is 44.7. The van der Waals surface area contributed by atoms with Gasteiger partial charge in [0.1, 0.15) is 11.3 Å². The molecule has 3 rings (SSSR count). The van der Waals surface area contributed by atoms with Crippen molar-refractivity contribution in [2.45, 2.75) is 6.18 Å². The molecule has 0 unspecified atom stereocenters. The molecule has 9 nitrogen and oxygen atoms in total. The molecule has 1 aliphatic heterocycles. The third-order valence-corrected chi connectivity index (χ3v) is 4.21. The highest BCUT2D eigenvalue weighted by Gasteiger charge is 2.33. The first-order chi connectivity index (χ1) is 14.5. The summed E-state index contributed by atoms with van der Waals surface area (Å²) < 4.78 is 43.7. The second kappa shape index (κ2) is 8.07. The number of hydrogen-bond acceptors (Lipinski definition) is 6. The molecule has 0 aromatic heterocycles. The Morgan fingerprint density at radius 1 is 1.00 bits per heavy atom. The minimum absolute atomic E-state index is 0.115. The number of imide groups is 2. The predicted octanol–water partition coefficient (Wildman–Crippen LogP) is 3.81. The molecule has 1 fully saturated rings. The number of benzene rings is 2. The number of rotatable bonds is 4. The molecule has 1 heterocycles. The molecular formula is C18H9ClF3N3O6. The van der Waals surface area contributed by atoms with Crippen molar-refractivity contribution in [2.75, 3.05) is 0 Å². The molecular weight excluding hydrogens is 447 g/mol. The minimum Gasteiger partial charge on any atom is -0.449 e. The van der Waals surface area contributed by atoms with Crippen molar-refractivity contribution in [2.24, 2.45) is 0 Å². The Hall–Kier alpha value is -3.93. The summed E-state index contributed by atoms with van der Waals surface area (Å²) in [6, 6.07) is 4.60. The Balaban J connectivity index is 1.90. The second-order valence-electron chi connectivity index (χ2n) is 6.02. The first-order valence-electron chi connectivity index (χ1n) is 8.17. The summed E-state index contributed by atoms with van der Waals surface area (Å²) in [5.74, 6) is -2.45. The molecule has 0 radical (unpaired) electrons. The van der Waals surface area contributed by atoms with E-state index in [-0.39, 0.29) is 21.9 Å². The third kappa shape index (κ3) is 4.80. The number of ether oxygens (including phenoxy) is 1. The minimum atomic E-state index is -4.78. The van der Waals surface area contributed by atoms with Crippen molar-refractivity contribution in [1.29, 1.82) is 0 Å². The summed E-state index contributed by atoms with van der Waals surface area (Å²) in [6.07, 6.45) is -3.65. The lowest BCUT2D eigenvalue weighted by atomic mass is 10.1. The van der Waals surface area contributed by atoms with Crippen LogP contribution in [0.4, 0.5) is 23.7 Å². The number of barbiturate groups is 1. The largest absolute Gasteiger partial charge is 0.449 e. The van der Waals surface area contributed by atoms with Crippen molar-refractivity contribution in [3.05, 3.63) is 68.2 Å². The number of amides is 4. The van der Waals surface area contributed by atoms with Gasteiger partial charge in [0.25, 0.3) is 11.8 Å². The van der Waals surface area contributed by atoms with Crippen molar-refractivity contribution in [1.82, 2.24) is 10.6 Å². The van der Waals surface area contributed by atoms with E-state index in [1.54, 1.807) is 0 Å². The van der Waals surface area contributed by atoms with E-state index < -0.39 is 45.9 Å². The van der Waals surface area contributed by atoms with Gasteiger partial charge >= 0.3 is 17.9 Å². The molecule has 13 heteroatoms. The Labute approximate surface area is 175 Å². The SMILES string of the molecule is O=C1NC(=O)C(=Cc2ccc(Oc3ccc(C(F)(F)F)cc3[N+](=O)[O-])c(Cl)c2)C(=O)N1. The van der Waals surface area contributed by atoms with Gasteiger partial charge in [-0.15, -0.1) is 0 Å². The maximum Gasteiger partial charge on any atom is 0.416 e. The van der Waals surface area contributed by atoms with Crippen LogP contribution in [0, 0.1) is 10.1 Å². The molecule has 2 aromatic carbocycles. The summed E-state index contributed by atoms with van der Waals surface area (Å²) in [5.41, 5.74) is -2.27. The molecule has 0 aliphatic carbocycles. The lowest BCUT2D eigenvalue weighted by Gasteiger charge is -2.14. The maximum absolute atomic E-state index is 12.8. The fourth-order valence-electron chi connectivity index (χ4n) is 2.50. The highest BCUT2D eigenvalue weighted by Crippen LogP contribution is 2.39. The number of nitrogens with one attached hydrogen (secondary N) is 2. The average Bonchev–Trinajstić information content (AvgIpc) is 2.66. The highest BCUT2D eigenvalue weighted by molar-refractivity contribution is 6.33. The summed E-state index contributed by atoms with van der Waals surface area (Å²) in [7, 11) is 0. The molecule has 160 valence electrons. The van der Waals surface area contributed by atoms with Crippen LogP contribution in [-0.4, -0.2) is 22.8 Å². The Bertz CT molecular complexity index is 1140. The van der Waals surface area contributed by atoms with Crippen LogP contribution in [0.25, 0.3) is 6.08 Å². The van der Waals surface area contributed by atoms with E-state index in [9.17, 15) is 37.7 Å². The zero-order chi connectivity index (χ0) is 22.9. The van der Waals surface area contributed by atoms with Crippen LogP contribution in [-0.2, 0) is 15.8 Å². The molecule has 0 bridgehead atoms. The van der Waals surface area contributed by atoms with Gasteiger partial charge in [-0.2, -0.15) is 13.2 Å². The lowest BCUT2D eigenvalue weighted by molar-refractivity contribution is -0.385. The van der Waals surface area contributed by atoms with Crippen LogP contribution in [0.3, 0.4) is 0 Å². The quantitative estimate of drug-likeness (QED) is 0.312. The van der Waals surface area contributed by atoms with Gasteiger partial charge in [-0.25, -0.2) is 4.79 Å². The van der Waals surface area contributed by atoms with Crippen LogP contribution in [0.15, 0.2) is 42.0 Å². The fourth-order valence-corrected chi connectivity index (χ4v) is 2.73. The van der Waals surface area contributed by atoms with Gasteiger partial charge < -0.3 is 4.74 Å². The van der Waals surface area contributed by atoms with Gasteiger partial charge in [0.15, 0.2) is 0 Å². The first-order valence-corrected chi connectivity index (χ1v) is 8.55. The van der Waals surface area contributed by atoms with E-state index in [0.717, 1.165) is 12.1 Å². The van der Waals surface area contributed by atoms with E-state index in [2.05, 4.69) is 0 Å². The normalized spacial score (nSPS) is 14.1. The number of nitro groups is 1. The van der Waals surface area contributed by atoms with Gasteiger partial charge in [-0.3, -0.25) is 30.3 Å². The van der Waals surface area contributed by atoms with E-state index in [4.69, 9.17) is 16.3 Å². The molecule has 2 aromatic rings. The molecule has 0 atom stereocenters. The van der Waals surface area contributed by atoms with E-state index in [1.165, 1.54) is 18.2 Å². The maximum atomic E-state index is 12.8. The van der Waals surface area contributed by atoms with Gasteiger partial charge in [-0.1, -0.05) is 17.7 Å². The van der Waals surface area contributed by atoms with Crippen molar-refractivity contribution < 1.29 is 37.2 Å². The summed E-state index contributed by atoms with van der Waals surface area (Å²) >= 11 is 6.07. The number of nitrogens with zero attached hydrogens (tertiary/aromatic N) is 1. The molecule has 0 saturated carbocycles. The number of nitro benzene ring substituents is 1. The van der Waals surface area contributed by atoms with Crippen LogP contribution in [0.2, 0.25) is 5.02 Å². The number of urea groups is 1. The standard InChI is InChI=1S/C18H9ClF3N3O6/c19-11-6-8(5-10-15(26)23-17(28)24-16(10)27)1-3-13(11)31-14-4-2-9(18(20,21)22)7-12(14)25(29)30/h1-7H,(H2,23,24,26,27,28). The Morgan fingerprint density at radius 3 is 2.16 bits per heavy atom. The predicted molar refractivity (Wildman–Crippen MR) is 99.3 cm³/mol. The van der Waals surface area contributed by atoms with Gasteiger partial charge in [0.05, 0.1) is 15.5 Å².